The molecule has 0 radical (unpaired) electrons. The normalized spacial score (nSPS) is 25.9. The lowest BCUT2D eigenvalue weighted by atomic mass is 9.90. The summed E-state index contributed by atoms with van der Waals surface area (Å²) in [7, 11) is 1.75. The molecule has 1 fully saturated rings. The second-order valence-electron chi connectivity index (χ2n) is 11.6. The number of fused-ring (bicyclic) bond motifs is 4. The van der Waals surface area contributed by atoms with Crippen molar-refractivity contribution >= 4 is 40.5 Å². The highest BCUT2D eigenvalue weighted by atomic mass is 16.2. The molecule has 4 rings (SSSR count). The summed E-state index contributed by atoms with van der Waals surface area (Å²) in [4.78, 5) is 44.3. The van der Waals surface area contributed by atoms with E-state index >= 15 is 0 Å². The predicted octanol–water partition coefficient (Wildman–Crippen LogP) is 2.37. The maximum absolute atomic E-state index is 13.2. The fourth-order valence-corrected chi connectivity index (χ4v) is 4.83. The molecule has 39 heavy (non-hydrogen) atoms. The number of anilines is 1. The molecular formula is C29H41N7O3. The van der Waals surface area contributed by atoms with Gasteiger partial charge in [-0.3, -0.25) is 29.8 Å². The minimum atomic E-state index is -0.748. The first-order chi connectivity index (χ1) is 18.4. The van der Waals surface area contributed by atoms with Gasteiger partial charge in [-0.1, -0.05) is 52.0 Å². The molecule has 1 aromatic heterocycles. The molecule has 4 N–H and O–H groups in total. The summed E-state index contributed by atoms with van der Waals surface area (Å²) in [6, 6.07) is 8.14. The van der Waals surface area contributed by atoms with Gasteiger partial charge in [-0.15, -0.1) is 0 Å². The number of aromatic nitrogens is 1. The number of hydrogen-bond donors (Lipinski definition) is 4. The van der Waals surface area contributed by atoms with E-state index in [1.165, 1.54) is 5.01 Å². The number of rotatable bonds is 1. The summed E-state index contributed by atoms with van der Waals surface area (Å²) in [5.74, 6) is -0.139. The van der Waals surface area contributed by atoms with Crippen LogP contribution in [-0.2, 0) is 14.4 Å². The number of amides is 3. The van der Waals surface area contributed by atoms with Crippen LogP contribution in [0.15, 0.2) is 36.4 Å². The molecule has 10 nitrogen and oxygen atoms in total. The molecule has 10 heteroatoms. The van der Waals surface area contributed by atoms with Gasteiger partial charge in [-0.2, -0.15) is 0 Å². The van der Waals surface area contributed by atoms with E-state index < -0.39 is 18.1 Å². The Balaban J connectivity index is 1.67. The molecule has 3 amide bonds. The van der Waals surface area contributed by atoms with Gasteiger partial charge in [0.05, 0.1) is 11.6 Å². The summed E-state index contributed by atoms with van der Waals surface area (Å²) in [5, 5.41) is 10.3. The van der Waals surface area contributed by atoms with E-state index in [-0.39, 0.29) is 29.1 Å². The van der Waals surface area contributed by atoms with Crippen LogP contribution >= 0.6 is 0 Å². The third kappa shape index (κ3) is 6.93. The van der Waals surface area contributed by atoms with Gasteiger partial charge in [0.25, 0.3) is 11.8 Å². The molecule has 5 bridgehead atoms. The minimum Gasteiger partial charge on any atom is -0.343 e. The number of nitrogens with zero attached hydrogens (tertiary/aromatic N) is 3. The van der Waals surface area contributed by atoms with Crippen molar-refractivity contribution in [2.75, 3.05) is 25.1 Å². The van der Waals surface area contributed by atoms with E-state index in [9.17, 15) is 14.4 Å². The van der Waals surface area contributed by atoms with E-state index in [4.69, 9.17) is 4.98 Å². The van der Waals surface area contributed by atoms with Crippen molar-refractivity contribution in [3.63, 3.8) is 0 Å². The van der Waals surface area contributed by atoms with E-state index in [0.29, 0.717) is 31.7 Å². The molecule has 0 aliphatic carbocycles. The fourth-order valence-electron chi connectivity index (χ4n) is 4.83. The molecule has 2 aliphatic rings. The van der Waals surface area contributed by atoms with E-state index in [1.807, 2.05) is 44.2 Å². The van der Waals surface area contributed by atoms with Crippen LogP contribution in [0.25, 0.3) is 17.0 Å². The fraction of sp³-hybridized carbons (Fsp3) is 0.517. The Hall–Kier alpha value is -3.50. The van der Waals surface area contributed by atoms with Gasteiger partial charge in [0.1, 0.15) is 17.9 Å². The van der Waals surface area contributed by atoms with Crippen molar-refractivity contribution in [3.8, 4) is 0 Å². The van der Waals surface area contributed by atoms with Crippen LogP contribution in [0, 0.1) is 11.3 Å². The van der Waals surface area contributed by atoms with Gasteiger partial charge in [-0.05, 0) is 54.9 Å². The number of benzene rings is 1. The number of nitrogens with one attached hydrogen (secondary N) is 4. The van der Waals surface area contributed by atoms with Gasteiger partial charge < -0.3 is 10.6 Å². The van der Waals surface area contributed by atoms with E-state index in [1.54, 1.807) is 19.0 Å². The van der Waals surface area contributed by atoms with E-state index in [2.05, 4.69) is 47.5 Å². The van der Waals surface area contributed by atoms with Crippen LogP contribution in [0.2, 0.25) is 0 Å². The van der Waals surface area contributed by atoms with Crippen LogP contribution in [0.5, 0.6) is 0 Å². The summed E-state index contributed by atoms with van der Waals surface area (Å²) < 4.78 is 0. The first-order valence-corrected chi connectivity index (χ1v) is 13.7. The summed E-state index contributed by atoms with van der Waals surface area (Å²) in [6.07, 6.45) is 5.44. The van der Waals surface area contributed by atoms with Crippen molar-refractivity contribution in [3.05, 3.63) is 42.0 Å². The van der Waals surface area contributed by atoms with Gasteiger partial charge in [0, 0.05) is 25.5 Å². The molecule has 0 unspecified atom stereocenters. The number of hydrogen-bond acceptors (Lipinski definition) is 7. The van der Waals surface area contributed by atoms with Crippen molar-refractivity contribution in [2.45, 2.75) is 65.6 Å². The second kappa shape index (κ2) is 11.7. The lowest BCUT2D eigenvalue weighted by Crippen LogP contribution is -2.62. The molecule has 1 aromatic carbocycles. The number of carbonyl (C=O) groups is 3. The first kappa shape index (κ1) is 28.5. The van der Waals surface area contributed by atoms with Crippen molar-refractivity contribution in [2.24, 2.45) is 11.3 Å². The van der Waals surface area contributed by atoms with Crippen LogP contribution in [0.4, 0.5) is 5.82 Å². The Morgan fingerprint density at radius 1 is 1.08 bits per heavy atom. The highest BCUT2D eigenvalue weighted by Crippen LogP contribution is 2.23. The van der Waals surface area contributed by atoms with Crippen LogP contribution in [-0.4, -0.2) is 66.0 Å². The Kier molecular flexibility index (Phi) is 8.56. The number of carbonyl (C=O) groups excluding carboxylic acids is 3. The quantitative estimate of drug-likeness (QED) is 0.443. The molecule has 2 aliphatic heterocycles. The molecule has 0 saturated carbocycles. The minimum absolute atomic E-state index is 0.0209. The van der Waals surface area contributed by atoms with Gasteiger partial charge in [-0.25, -0.2) is 10.4 Å². The van der Waals surface area contributed by atoms with Crippen molar-refractivity contribution < 1.29 is 14.4 Å². The molecule has 3 atom stereocenters. The third-order valence-electron chi connectivity index (χ3n) is 7.27. The van der Waals surface area contributed by atoms with Crippen LogP contribution in [0.3, 0.4) is 0 Å². The molecular weight excluding hydrogens is 494 g/mol. The third-order valence-corrected chi connectivity index (χ3v) is 7.27. The summed E-state index contributed by atoms with van der Waals surface area (Å²) >= 11 is 0. The lowest BCUT2D eigenvalue weighted by Gasteiger charge is -2.35. The van der Waals surface area contributed by atoms with Crippen molar-refractivity contribution in [1.82, 2.24) is 31.5 Å². The standard InChI is InChI=1S/C29H41N7O3/c1-18(2)25-27(38)31-19(3)28(39)36-15-7-8-22(33-36)26(37)34-35(6)24-12-11-21-10-9-20(16-23(21)32-24)13-14-29(4,5)17-30-25/h9-14,16,18-19,22,25,30,33H,7-8,15,17H2,1-6H3,(H,31,38)(H,34,37)/b14-13+/t19-,22-,25-/m0/s1. The van der Waals surface area contributed by atoms with Crippen LogP contribution < -0.4 is 26.5 Å². The maximum Gasteiger partial charge on any atom is 0.258 e. The monoisotopic (exact) mass is 535 g/mol. The Bertz CT molecular complexity index is 1260. The van der Waals surface area contributed by atoms with Gasteiger partial charge in [0.15, 0.2) is 0 Å². The largest absolute Gasteiger partial charge is 0.343 e. The molecule has 1 saturated heterocycles. The SMILES string of the molecule is CC(C)[C@@H]1NCC(C)(C)/C=C/c2ccc3ccc(nc3c2)N(C)NC(=O)[C@@H]2CCCN(N2)C(=O)[C@H](C)NC1=O. The molecule has 210 valence electrons. The molecule has 2 aromatic rings. The van der Waals surface area contributed by atoms with Crippen molar-refractivity contribution in [1.29, 1.82) is 0 Å². The predicted molar refractivity (Wildman–Crippen MR) is 153 cm³/mol. The summed E-state index contributed by atoms with van der Waals surface area (Å²) in [6.45, 7) is 10.9. The molecule has 3 heterocycles. The highest BCUT2D eigenvalue weighted by Gasteiger charge is 2.33. The average molecular weight is 536 g/mol. The zero-order valence-corrected chi connectivity index (χ0v) is 23.7. The zero-order chi connectivity index (χ0) is 28.3. The summed E-state index contributed by atoms with van der Waals surface area (Å²) in [5.41, 5.74) is 7.53. The van der Waals surface area contributed by atoms with Gasteiger partial charge >= 0.3 is 0 Å². The lowest BCUT2D eigenvalue weighted by molar-refractivity contribution is -0.143. The maximum atomic E-state index is 13.2. The topological polar surface area (TPSA) is 119 Å². The van der Waals surface area contributed by atoms with Gasteiger partial charge in [0.2, 0.25) is 5.91 Å². The van der Waals surface area contributed by atoms with E-state index in [0.717, 1.165) is 16.5 Å². The Morgan fingerprint density at radius 3 is 2.56 bits per heavy atom. The average Bonchev–Trinajstić information content (AvgIpc) is 2.90. The smallest absolute Gasteiger partial charge is 0.258 e. The number of pyridine rings is 1. The second-order valence-corrected chi connectivity index (χ2v) is 11.6. The Morgan fingerprint density at radius 2 is 1.82 bits per heavy atom. The number of hydrazine groups is 2. The van der Waals surface area contributed by atoms with Crippen LogP contribution in [0.1, 0.15) is 53.0 Å². The Labute approximate surface area is 230 Å². The highest BCUT2D eigenvalue weighted by molar-refractivity contribution is 5.90. The first-order valence-electron chi connectivity index (χ1n) is 13.7. The zero-order valence-electron chi connectivity index (χ0n) is 23.7. The molecule has 0 spiro atoms.